The van der Waals surface area contributed by atoms with Crippen LogP contribution in [0.5, 0.6) is 0 Å². The molecular weight excluding hydrogens is 172 g/mol. The van der Waals surface area contributed by atoms with Gasteiger partial charge in [-0.1, -0.05) is 34.1 Å². The molecule has 1 fully saturated rings. The SMILES string of the molecule is CCC1(C)CCC(C(C)C)CC1.NN. The third-order valence-corrected chi connectivity index (χ3v) is 4.03. The quantitative estimate of drug-likeness (QED) is 0.531. The summed E-state index contributed by atoms with van der Waals surface area (Å²) < 4.78 is 0. The Bertz CT molecular complexity index is 135. The summed E-state index contributed by atoms with van der Waals surface area (Å²) in [5, 5.41) is 0. The predicted octanol–water partition coefficient (Wildman–Crippen LogP) is 3.07. The summed E-state index contributed by atoms with van der Waals surface area (Å²) >= 11 is 0. The topological polar surface area (TPSA) is 52.0 Å². The molecule has 0 aromatic carbocycles. The third kappa shape index (κ3) is 3.97. The molecule has 0 heterocycles. The zero-order chi connectivity index (χ0) is 11.2. The van der Waals surface area contributed by atoms with Crippen molar-refractivity contribution in [1.82, 2.24) is 0 Å². The molecule has 0 atom stereocenters. The van der Waals surface area contributed by atoms with Gasteiger partial charge in [0, 0.05) is 0 Å². The summed E-state index contributed by atoms with van der Waals surface area (Å²) in [5.74, 6) is 9.93. The molecule has 0 spiro atoms. The molecule has 0 saturated heterocycles. The fraction of sp³-hybridized carbons (Fsp3) is 1.00. The highest BCUT2D eigenvalue weighted by Gasteiger charge is 2.30. The van der Waals surface area contributed by atoms with Crippen molar-refractivity contribution in [2.24, 2.45) is 28.9 Å². The maximum absolute atomic E-state index is 4.00. The van der Waals surface area contributed by atoms with E-state index in [4.69, 9.17) is 0 Å². The molecule has 0 bridgehead atoms. The minimum absolute atomic E-state index is 0.686. The Morgan fingerprint density at radius 1 is 1.21 bits per heavy atom. The zero-order valence-corrected chi connectivity index (χ0v) is 10.3. The molecule has 1 saturated carbocycles. The summed E-state index contributed by atoms with van der Waals surface area (Å²) in [5.41, 5.74) is 0.686. The largest absolute Gasteiger partial charge is 0.274 e. The molecule has 1 aliphatic rings. The molecule has 2 heteroatoms. The van der Waals surface area contributed by atoms with Gasteiger partial charge in [-0.2, -0.15) is 0 Å². The monoisotopic (exact) mass is 200 g/mol. The maximum Gasteiger partial charge on any atom is -0.0328 e. The lowest BCUT2D eigenvalue weighted by Gasteiger charge is -2.38. The number of nitrogens with two attached hydrogens (primary N) is 2. The van der Waals surface area contributed by atoms with E-state index in [0.717, 1.165) is 11.8 Å². The maximum atomic E-state index is 4.00. The standard InChI is InChI=1S/C12H24.H4N2/c1-5-12(4)8-6-11(7-9-12)10(2)3;1-2/h10-11H,5-9H2,1-4H3;1-2H2. The summed E-state index contributed by atoms with van der Waals surface area (Å²) in [4.78, 5) is 0. The molecule has 1 rings (SSSR count). The first-order valence-corrected chi connectivity index (χ1v) is 5.91. The van der Waals surface area contributed by atoms with Crippen molar-refractivity contribution < 1.29 is 0 Å². The molecule has 0 amide bonds. The van der Waals surface area contributed by atoms with Gasteiger partial charge >= 0.3 is 0 Å². The Morgan fingerprint density at radius 2 is 1.64 bits per heavy atom. The lowest BCUT2D eigenvalue weighted by Crippen LogP contribution is -2.25. The average molecular weight is 200 g/mol. The van der Waals surface area contributed by atoms with Crippen molar-refractivity contribution in [2.75, 3.05) is 0 Å². The van der Waals surface area contributed by atoms with Crippen LogP contribution in [-0.4, -0.2) is 0 Å². The van der Waals surface area contributed by atoms with Crippen LogP contribution in [0.3, 0.4) is 0 Å². The smallest absolute Gasteiger partial charge is 0.0328 e. The van der Waals surface area contributed by atoms with E-state index < -0.39 is 0 Å². The van der Waals surface area contributed by atoms with Crippen LogP contribution in [0.25, 0.3) is 0 Å². The van der Waals surface area contributed by atoms with Crippen molar-refractivity contribution >= 4 is 0 Å². The summed E-state index contributed by atoms with van der Waals surface area (Å²) in [6.45, 7) is 9.55. The predicted molar refractivity (Wildman–Crippen MR) is 63.6 cm³/mol. The minimum Gasteiger partial charge on any atom is -0.274 e. The lowest BCUT2D eigenvalue weighted by atomic mass is 9.68. The highest BCUT2D eigenvalue weighted by atomic mass is 15.0. The van der Waals surface area contributed by atoms with Crippen LogP contribution >= 0.6 is 0 Å². The highest BCUT2D eigenvalue weighted by Crippen LogP contribution is 2.42. The Balaban J connectivity index is 0.000000791. The van der Waals surface area contributed by atoms with Crippen molar-refractivity contribution in [2.45, 2.75) is 59.8 Å². The number of hydrogen-bond acceptors (Lipinski definition) is 2. The van der Waals surface area contributed by atoms with E-state index in [0.29, 0.717) is 5.41 Å². The molecule has 2 nitrogen and oxygen atoms in total. The van der Waals surface area contributed by atoms with Crippen molar-refractivity contribution in [3.8, 4) is 0 Å². The molecule has 0 aromatic rings. The first-order valence-electron chi connectivity index (χ1n) is 5.91. The number of hydrogen-bond donors (Lipinski definition) is 2. The van der Waals surface area contributed by atoms with Gasteiger partial charge in [-0.05, 0) is 42.9 Å². The van der Waals surface area contributed by atoms with Crippen LogP contribution in [0.2, 0.25) is 0 Å². The minimum atomic E-state index is 0.686. The molecule has 86 valence electrons. The van der Waals surface area contributed by atoms with Gasteiger partial charge < -0.3 is 0 Å². The second-order valence-corrected chi connectivity index (χ2v) is 5.25. The van der Waals surface area contributed by atoms with E-state index in [9.17, 15) is 0 Å². The van der Waals surface area contributed by atoms with E-state index >= 15 is 0 Å². The van der Waals surface area contributed by atoms with Gasteiger partial charge in [0.1, 0.15) is 0 Å². The van der Waals surface area contributed by atoms with Crippen LogP contribution in [-0.2, 0) is 0 Å². The first-order chi connectivity index (χ1) is 6.57. The molecule has 4 N–H and O–H groups in total. The van der Waals surface area contributed by atoms with Gasteiger partial charge in [-0.15, -0.1) is 0 Å². The van der Waals surface area contributed by atoms with Gasteiger partial charge in [0.2, 0.25) is 0 Å². The van der Waals surface area contributed by atoms with Crippen LogP contribution in [0.15, 0.2) is 0 Å². The van der Waals surface area contributed by atoms with Gasteiger partial charge in [-0.3, -0.25) is 11.7 Å². The Labute approximate surface area is 89.4 Å². The second kappa shape index (κ2) is 6.41. The van der Waals surface area contributed by atoms with E-state index in [1.54, 1.807) is 0 Å². The average Bonchev–Trinajstić information content (AvgIpc) is 2.21. The van der Waals surface area contributed by atoms with Crippen LogP contribution in [0, 0.1) is 17.3 Å². The fourth-order valence-electron chi connectivity index (χ4n) is 2.36. The van der Waals surface area contributed by atoms with Crippen molar-refractivity contribution in [3.63, 3.8) is 0 Å². The lowest BCUT2D eigenvalue weighted by molar-refractivity contribution is 0.139. The van der Waals surface area contributed by atoms with Crippen molar-refractivity contribution in [3.05, 3.63) is 0 Å². The molecule has 0 aliphatic heterocycles. The Morgan fingerprint density at radius 3 is 1.93 bits per heavy atom. The van der Waals surface area contributed by atoms with Gasteiger partial charge in [0.25, 0.3) is 0 Å². The third-order valence-electron chi connectivity index (χ3n) is 4.03. The zero-order valence-electron chi connectivity index (χ0n) is 10.3. The Kier molecular flexibility index (Phi) is 6.38. The second-order valence-electron chi connectivity index (χ2n) is 5.25. The molecule has 0 radical (unpaired) electrons. The van der Waals surface area contributed by atoms with Crippen molar-refractivity contribution in [1.29, 1.82) is 0 Å². The molecule has 14 heavy (non-hydrogen) atoms. The van der Waals surface area contributed by atoms with Crippen LogP contribution < -0.4 is 11.7 Å². The van der Waals surface area contributed by atoms with E-state index in [1.807, 2.05) is 0 Å². The summed E-state index contributed by atoms with van der Waals surface area (Å²) in [6, 6.07) is 0. The van der Waals surface area contributed by atoms with E-state index in [2.05, 4.69) is 39.4 Å². The number of hydrazine groups is 1. The number of rotatable bonds is 2. The van der Waals surface area contributed by atoms with Crippen LogP contribution in [0.1, 0.15) is 59.8 Å². The molecule has 0 unspecified atom stereocenters. The van der Waals surface area contributed by atoms with E-state index in [-0.39, 0.29) is 0 Å². The Hall–Kier alpha value is -0.0800. The van der Waals surface area contributed by atoms with Gasteiger partial charge in [0.05, 0.1) is 0 Å². The normalized spacial score (nSPS) is 32.4. The van der Waals surface area contributed by atoms with E-state index in [1.165, 1.54) is 32.1 Å². The van der Waals surface area contributed by atoms with Gasteiger partial charge in [0.15, 0.2) is 0 Å². The highest BCUT2D eigenvalue weighted by molar-refractivity contribution is 4.81. The summed E-state index contributed by atoms with van der Waals surface area (Å²) in [7, 11) is 0. The first kappa shape index (κ1) is 13.9. The molecular formula is C12H28N2. The fourth-order valence-corrected chi connectivity index (χ4v) is 2.36. The van der Waals surface area contributed by atoms with Crippen LogP contribution in [0.4, 0.5) is 0 Å². The molecule has 0 aromatic heterocycles. The van der Waals surface area contributed by atoms with Gasteiger partial charge in [-0.25, -0.2) is 0 Å². The molecule has 1 aliphatic carbocycles. The summed E-state index contributed by atoms with van der Waals surface area (Å²) in [6.07, 6.45) is 7.25.